The van der Waals surface area contributed by atoms with Gasteiger partial charge in [0, 0.05) is 24.1 Å². The second kappa shape index (κ2) is 8.88. The highest BCUT2D eigenvalue weighted by Gasteiger charge is 2.26. The summed E-state index contributed by atoms with van der Waals surface area (Å²) in [4.78, 5) is 42.7. The van der Waals surface area contributed by atoms with Gasteiger partial charge in [0.1, 0.15) is 0 Å². The molecular formula is C18H21BrN4O3S. The molecule has 27 heavy (non-hydrogen) atoms. The van der Waals surface area contributed by atoms with Gasteiger partial charge in [-0.25, -0.2) is 9.78 Å². The first-order chi connectivity index (χ1) is 13.0. The third-order valence-corrected chi connectivity index (χ3v) is 5.80. The van der Waals surface area contributed by atoms with Gasteiger partial charge in [-0.15, -0.1) is 0 Å². The van der Waals surface area contributed by atoms with E-state index in [1.54, 1.807) is 16.7 Å². The van der Waals surface area contributed by atoms with E-state index in [0.717, 1.165) is 23.7 Å². The summed E-state index contributed by atoms with van der Waals surface area (Å²) in [5.74, 6) is -0.212. The minimum absolute atomic E-state index is 0.0652. The van der Waals surface area contributed by atoms with Gasteiger partial charge in [-0.3, -0.25) is 19.1 Å². The van der Waals surface area contributed by atoms with Crippen LogP contribution >= 0.6 is 27.7 Å². The normalized spacial score (nSPS) is 14.0. The number of halogens is 1. The third kappa shape index (κ3) is 4.52. The second-order valence-corrected chi connectivity index (χ2v) is 8.14. The fourth-order valence-electron chi connectivity index (χ4n) is 2.91. The zero-order valence-electron chi connectivity index (χ0n) is 15.0. The molecule has 3 amide bonds. The molecule has 1 saturated heterocycles. The van der Waals surface area contributed by atoms with Gasteiger partial charge in [0.25, 0.3) is 5.56 Å². The van der Waals surface area contributed by atoms with Crippen molar-refractivity contribution in [3.8, 4) is 0 Å². The van der Waals surface area contributed by atoms with Crippen LogP contribution < -0.4 is 10.9 Å². The molecule has 1 aromatic heterocycles. The summed E-state index contributed by atoms with van der Waals surface area (Å²) in [7, 11) is 0. The van der Waals surface area contributed by atoms with Crippen LogP contribution in [0.1, 0.15) is 26.2 Å². The number of fused-ring (bicyclic) bond motifs is 1. The van der Waals surface area contributed by atoms with E-state index in [1.807, 2.05) is 6.07 Å². The maximum Gasteiger partial charge on any atom is 0.324 e. The largest absolute Gasteiger partial charge is 0.336 e. The predicted molar refractivity (Wildman–Crippen MR) is 109 cm³/mol. The molecule has 9 heteroatoms. The quantitative estimate of drug-likeness (QED) is 0.396. The van der Waals surface area contributed by atoms with E-state index in [-0.39, 0.29) is 23.3 Å². The van der Waals surface area contributed by atoms with E-state index >= 15 is 0 Å². The smallest absolute Gasteiger partial charge is 0.324 e. The molecule has 0 bridgehead atoms. The molecule has 3 rings (SSSR count). The van der Waals surface area contributed by atoms with Gasteiger partial charge in [0.15, 0.2) is 5.16 Å². The first-order valence-corrected chi connectivity index (χ1v) is 10.7. The molecule has 1 aromatic carbocycles. The predicted octanol–water partition coefficient (Wildman–Crippen LogP) is 2.99. The Bertz CT molecular complexity index is 931. The lowest BCUT2D eigenvalue weighted by Gasteiger charge is -2.15. The van der Waals surface area contributed by atoms with Gasteiger partial charge in [-0.05, 0) is 24.6 Å². The molecule has 1 N–H and O–H groups in total. The third-order valence-electron chi connectivity index (χ3n) is 4.35. The van der Waals surface area contributed by atoms with Gasteiger partial charge in [0.05, 0.1) is 16.7 Å². The average molecular weight is 453 g/mol. The van der Waals surface area contributed by atoms with Gasteiger partial charge < -0.3 is 5.32 Å². The number of nitrogens with zero attached hydrogens (tertiary/aromatic N) is 3. The molecule has 7 nitrogen and oxygen atoms in total. The number of thioether (sulfide) groups is 1. The number of rotatable bonds is 7. The van der Waals surface area contributed by atoms with E-state index < -0.39 is 0 Å². The van der Waals surface area contributed by atoms with E-state index in [9.17, 15) is 14.4 Å². The fraction of sp³-hybridized carbons (Fsp3) is 0.444. The number of urea groups is 1. The Kier molecular flexibility index (Phi) is 6.54. The molecule has 0 spiro atoms. The molecule has 1 aliphatic heterocycles. The maximum atomic E-state index is 13.0. The Hall–Kier alpha value is -1.87. The lowest BCUT2D eigenvalue weighted by Crippen LogP contribution is -2.35. The first kappa shape index (κ1) is 19.9. The number of aromatic nitrogens is 2. The van der Waals surface area contributed by atoms with E-state index in [1.165, 1.54) is 16.7 Å². The molecule has 0 saturated carbocycles. The summed E-state index contributed by atoms with van der Waals surface area (Å²) in [5, 5.41) is 3.68. The molecule has 2 aromatic rings. The SMILES string of the molecule is CCCCCn1c(SCC(=O)N2CCNC2=O)nc2ccc(Br)cc2c1=O. The van der Waals surface area contributed by atoms with Crippen molar-refractivity contribution in [1.29, 1.82) is 0 Å². The molecular weight excluding hydrogens is 432 g/mol. The highest BCUT2D eigenvalue weighted by atomic mass is 79.9. The van der Waals surface area contributed by atoms with Crippen molar-refractivity contribution < 1.29 is 9.59 Å². The van der Waals surface area contributed by atoms with Crippen LogP contribution in [0.4, 0.5) is 4.79 Å². The van der Waals surface area contributed by atoms with Gasteiger partial charge in [0.2, 0.25) is 5.91 Å². The Morgan fingerprint density at radius 3 is 2.85 bits per heavy atom. The van der Waals surface area contributed by atoms with Crippen LogP contribution in [0.25, 0.3) is 10.9 Å². The molecule has 1 fully saturated rings. The number of carbonyl (C=O) groups excluding carboxylic acids is 2. The molecule has 0 atom stereocenters. The zero-order valence-corrected chi connectivity index (χ0v) is 17.4. The highest BCUT2D eigenvalue weighted by Crippen LogP contribution is 2.21. The number of carbonyl (C=O) groups is 2. The van der Waals surface area contributed by atoms with Crippen molar-refractivity contribution in [2.45, 2.75) is 37.9 Å². The van der Waals surface area contributed by atoms with E-state index in [2.05, 4.69) is 33.2 Å². The number of benzene rings is 1. The van der Waals surface area contributed by atoms with E-state index in [0.29, 0.717) is 35.7 Å². The number of amides is 3. The summed E-state index contributed by atoms with van der Waals surface area (Å²) in [6.45, 7) is 3.51. The molecule has 2 heterocycles. The van der Waals surface area contributed by atoms with Crippen LogP contribution in [0, 0.1) is 0 Å². The summed E-state index contributed by atoms with van der Waals surface area (Å²) in [5.41, 5.74) is 0.495. The zero-order chi connectivity index (χ0) is 19.4. The maximum absolute atomic E-state index is 13.0. The van der Waals surface area contributed by atoms with E-state index in [4.69, 9.17) is 0 Å². The fourth-order valence-corrected chi connectivity index (χ4v) is 4.18. The first-order valence-electron chi connectivity index (χ1n) is 8.92. The lowest BCUT2D eigenvalue weighted by atomic mass is 10.2. The van der Waals surface area contributed by atoms with Crippen molar-refractivity contribution >= 4 is 50.5 Å². The summed E-state index contributed by atoms with van der Waals surface area (Å²) in [6, 6.07) is 5.04. The van der Waals surface area contributed by atoms with Crippen LogP contribution in [0.15, 0.2) is 32.6 Å². The summed E-state index contributed by atoms with van der Waals surface area (Å²) in [6.07, 6.45) is 2.93. The van der Waals surface area contributed by atoms with Crippen LogP contribution in [-0.2, 0) is 11.3 Å². The van der Waals surface area contributed by atoms with Crippen molar-refractivity contribution in [1.82, 2.24) is 19.8 Å². The standard InChI is InChI=1S/C18H21BrN4O3S/c1-2-3-4-8-23-16(25)13-10-12(19)5-6-14(13)21-18(23)27-11-15(24)22-9-7-20-17(22)26/h5-6,10H,2-4,7-9,11H2,1H3,(H,20,26). The lowest BCUT2D eigenvalue weighted by molar-refractivity contribution is -0.124. The second-order valence-electron chi connectivity index (χ2n) is 6.29. The number of nitrogens with one attached hydrogen (secondary N) is 1. The number of hydrogen-bond acceptors (Lipinski definition) is 5. The number of imide groups is 1. The minimum atomic E-state index is -0.364. The van der Waals surface area contributed by atoms with Crippen LogP contribution in [-0.4, -0.2) is 45.2 Å². The van der Waals surface area contributed by atoms with Gasteiger partial charge >= 0.3 is 6.03 Å². The number of hydrogen-bond donors (Lipinski definition) is 1. The number of unbranched alkanes of at least 4 members (excludes halogenated alkanes) is 2. The molecule has 0 aliphatic carbocycles. The molecule has 0 radical (unpaired) electrons. The van der Waals surface area contributed by atoms with Gasteiger partial charge in [-0.1, -0.05) is 47.5 Å². The Labute approximate surface area is 169 Å². The van der Waals surface area contributed by atoms with Crippen LogP contribution in [0.5, 0.6) is 0 Å². The van der Waals surface area contributed by atoms with Crippen molar-refractivity contribution in [3.63, 3.8) is 0 Å². The Balaban J connectivity index is 1.88. The Morgan fingerprint density at radius 1 is 1.33 bits per heavy atom. The summed E-state index contributed by atoms with van der Waals surface area (Å²) < 4.78 is 2.47. The monoisotopic (exact) mass is 452 g/mol. The van der Waals surface area contributed by atoms with Crippen molar-refractivity contribution in [2.75, 3.05) is 18.8 Å². The van der Waals surface area contributed by atoms with Crippen molar-refractivity contribution in [3.05, 3.63) is 33.0 Å². The minimum Gasteiger partial charge on any atom is -0.336 e. The van der Waals surface area contributed by atoms with Gasteiger partial charge in [-0.2, -0.15) is 0 Å². The molecule has 144 valence electrons. The Morgan fingerprint density at radius 2 is 2.15 bits per heavy atom. The topological polar surface area (TPSA) is 84.3 Å². The van der Waals surface area contributed by atoms with Crippen LogP contribution in [0.2, 0.25) is 0 Å². The average Bonchev–Trinajstić information content (AvgIpc) is 3.08. The summed E-state index contributed by atoms with van der Waals surface area (Å²) >= 11 is 4.60. The molecule has 1 aliphatic rings. The van der Waals surface area contributed by atoms with Crippen molar-refractivity contribution in [2.24, 2.45) is 0 Å². The highest BCUT2D eigenvalue weighted by molar-refractivity contribution is 9.10. The molecule has 0 unspecified atom stereocenters. The van der Waals surface area contributed by atoms with Crippen LogP contribution in [0.3, 0.4) is 0 Å².